The highest BCUT2D eigenvalue weighted by Gasteiger charge is 2.68. The Balaban J connectivity index is 1.16. The van der Waals surface area contributed by atoms with Crippen molar-refractivity contribution < 1.29 is 45.4 Å². The number of rotatable bonds is 8. The van der Waals surface area contributed by atoms with E-state index in [0.717, 1.165) is 12.1 Å². The van der Waals surface area contributed by atoms with Crippen molar-refractivity contribution in [3.05, 3.63) is 87.5 Å². The zero-order valence-corrected chi connectivity index (χ0v) is 29.7. The SMILES string of the molecule is CC1=C(c2cc3sc(N4CC(C)(O)C4)nc3nc2[C@H](Cc2cc(F)cc(F)c2)NC(=O)Cn2nc(C(F)(F)F)c3c2C(F)(F)[C@@H]2C[C@H]32)C=CC2=NCC(=O)N21. The smallest absolute Gasteiger partial charge is 0.386 e. The molecular weight excluding hydrogens is 758 g/mol. The van der Waals surface area contributed by atoms with Gasteiger partial charge in [-0.2, -0.15) is 32.0 Å². The number of nitrogens with one attached hydrogen (secondary N) is 1. The van der Waals surface area contributed by atoms with Crippen LogP contribution in [-0.4, -0.2) is 72.6 Å². The van der Waals surface area contributed by atoms with E-state index >= 15 is 8.78 Å². The molecule has 2 amide bonds. The van der Waals surface area contributed by atoms with Crippen molar-refractivity contribution in [1.29, 1.82) is 0 Å². The normalized spacial score (nSPS) is 22.4. The molecule has 1 saturated heterocycles. The molecule has 3 aliphatic heterocycles. The fraction of sp³-hybridized carbons (Fsp3) is 0.389. The number of benzene rings is 1. The lowest BCUT2D eigenvalue weighted by atomic mass is 9.92. The number of hydrogen-bond acceptors (Lipinski definition) is 9. The standard InChI is InChI=1S/C36H29F7N8O3S/c1-15-19(3-4-25-44-11-27(53)51(15)25)20-10-24-32(47-33(55-24)49-13-34(2,54)14-49)46-29(20)23(7-16-5-17(37)8-18(38)6-16)45-26(52)12-50-31-28(30(48-50)36(41,42)43)21-9-22(21)35(31,39)40/h3-6,8,10,21-23,54H,7,9,11-14H2,1-2H3,(H,45,52)/t21-,22+,23-/m0/s1. The number of allylic oxidation sites excluding steroid dienone is 3. The van der Waals surface area contributed by atoms with E-state index < -0.39 is 76.6 Å². The third-order valence-corrected chi connectivity index (χ3v) is 11.6. The summed E-state index contributed by atoms with van der Waals surface area (Å²) in [5, 5.41) is 17.0. The van der Waals surface area contributed by atoms with Gasteiger partial charge in [-0.25, -0.2) is 13.8 Å². The Labute approximate surface area is 310 Å². The Bertz CT molecular complexity index is 2420. The largest absolute Gasteiger partial charge is 0.435 e. The second-order valence-corrected chi connectivity index (χ2v) is 15.8. The van der Waals surface area contributed by atoms with Gasteiger partial charge in [-0.1, -0.05) is 11.3 Å². The summed E-state index contributed by atoms with van der Waals surface area (Å²) in [6.07, 6.45) is -2.16. The number of amidine groups is 1. The molecule has 1 aromatic carbocycles. The number of aliphatic imine (C=N–C) groups is 1. The van der Waals surface area contributed by atoms with E-state index in [0.29, 0.717) is 56.3 Å². The minimum atomic E-state index is -5.05. The quantitative estimate of drug-likeness (QED) is 0.223. The highest BCUT2D eigenvalue weighted by atomic mass is 32.1. The third-order valence-electron chi connectivity index (χ3n) is 10.5. The molecule has 0 unspecified atom stereocenters. The molecule has 0 spiro atoms. The van der Waals surface area contributed by atoms with Gasteiger partial charge in [0.05, 0.1) is 35.1 Å². The van der Waals surface area contributed by atoms with Crippen molar-refractivity contribution in [1.82, 2.24) is 30.0 Å². The molecule has 5 aliphatic rings. The van der Waals surface area contributed by atoms with Crippen molar-refractivity contribution in [2.24, 2.45) is 10.9 Å². The van der Waals surface area contributed by atoms with Gasteiger partial charge in [-0.3, -0.25) is 24.2 Å². The number of fused-ring (bicyclic) bond motifs is 5. The van der Waals surface area contributed by atoms with Gasteiger partial charge in [-0.05, 0) is 68.5 Å². The van der Waals surface area contributed by atoms with E-state index in [4.69, 9.17) is 4.98 Å². The zero-order valence-electron chi connectivity index (χ0n) is 28.9. The van der Waals surface area contributed by atoms with Crippen LogP contribution in [0, 0.1) is 17.6 Å². The Hall–Kier alpha value is -5.17. The first-order valence-electron chi connectivity index (χ1n) is 17.2. The lowest BCUT2D eigenvalue weighted by Gasteiger charge is -2.43. The van der Waals surface area contributed by atoms with Crippen LogP contribution in [0.5, 0.6) is 0 Å². The summed E-state index contributed by atoms with van der Waals surface area (Å²) < 4.78 is 103. The molecule has 11 nitrogen and oxygen atoms in total. The van der Waals surface area contributed by atoms with Crippen molar-refractivity contribution in [2.75, 3.05) is 24.5 Å². The lowest BCUT2D eigenvalue weighted by molar-refractivity contribution is -0.142. The number of anilines is 1. The van der Waals surface area contributed by atoms with Crippen LogP contribution < -0.4 is 10.2 Å². The van der Waals surface area contributed by atoms with Crippen LogP contribution in [0.15, 0.2) is 47.1 Å². The molecule has 1 saturated carbocycles. The van der Waals surface area contributed by atoms with Gasteiger partial charge in [0, 0.05) is 34.4 Å². The summed E-state index contributed by atoms with van der Waals surface area (Å²) in [7, 11) is 0. The predicted molar refractivity (Wildman–Crippen MR) is 184 cm³/mol. The van der Waals surface area contributed by atoms with Gasteiger partial charge in [0.1, 0.15) is 36.3 Å². The maximum atomic E-state index is 15.4. The molecule has 0 bridgehead atoms. The summed E-state index contributed by atoms with van der Waals surface area (Å²) in [6.45, 7) is 2.86. The first-order chi connectivity index (χ1) is 25.9. The van der Waals surface area contributed by atoms with Gasteiger partial charge in [0.25, 0.3) is 11.8 Å². The molecular formula is C36H29F7N8O3S. The number of nitrogens with zero attached hydrogens (tertiary/aromatic N) is 7. The number of pyridine rings is 1. The van der Waals surface area contributed by atoms with Gasteiger partial charge in [0.15, 0.2) is 16.5 Å². The van der Waals surface area contributed by atoms with Crippen LogP contribution in [0.3, 0.4) is 0 Å². The average Bonchev–Trinajstić information content (AvgIpc) is 3.31. The fourth-order valence-corrected chi connectivity index (χ4v) is 9.08. The number of halogens is 7. The highest BCUT2D eigenvalue weighted by Crippen LogP contribution is 2.68. The molecule has 2 N–H and O–H groups in total. The molecule has 19 heteroatoms. The Kier molecular flexibility index (Phi) is 7.70. The monoisotopic (exact) mass is 786 g/mol. The van der Waals surface area contributed by atoms with Gasteiger partial charge in [0.2, 0.25) is 5.91 Å². The third kappa shape index (κ3) is 5.89. The van der Waals surface area contributed by atoms with E-state index in [1.54, 1.807) is 32.1 Å². The Morgan fingerprint density at radius 2 is 1.84 bits per heavy atom. The summed E-state index contributed by atoms with van der Waals surface area (Å²) >= 11 is 1.27. The van der Waals surface area contributed by atoms with Crippen molar-refractivity contribution in [2.45, 2.75) is 62.9 Å². The minimum Gasteiger partial charge on any atom is -0.386 e. The van der Waals surface area contributed by atoms with E-state index in [2.05, 4.69) is 20.4 Å². The van der Waals surface area contributed by atoms with Crippen molar-refractivity contribution in [3.8, 4) is 0 Å². The Morgan fingerprint density at radius 3 is 2.53 bits per heavy atom. The second kappa shape index (κ2) is 11.9. The lowest BCUT2D eigenvalue weighted by Crippen LogP contribution is -2.60. The number of β-amino-alcohol motifs (C(OH)–C–C–N with tert-alkyl or cyclic N) is 1. The number of alkyl halides is 5. The summed E-state index contributed by atoms with van der Waals surface area (Å²) in [5.74, 6) is -8.73. The van der Waals surface area contributed by atoms with Crippen molar-refractivity contribution >= 4 is 50.0 Å². The molecule has 55 heavy (non-hydrogen) atoms. The predicted octanol–water partition coefficient (Wildman–Crippen LogP) is 5.61. The van der Waals surface area contributed by atoms with Crippen LogP contribution in [0.25, 0.3) is 15.9 Å². The molecule has 2 fully saturated rings. The number of thiazole rings is 1. The van der Waals surface area contributed by atoms with E-state index in [9.17, 15) is 36.6 Å². The van der Waals surface area contributed by atoms with Gasteiger partial charge in [-0.15, -0.1) is 0 Å². The van der Waals surface area contributed by atoms with Gasteiger partial charge >= 0.3 is 6.18 Å². The second-order valence-electron chi connectivity index (χ2n) is 14.8. The number of hydrogen-bond donors (Lipinski definition) is 2. The van der Waals surface area contributed by atoms with Crippen LogP contribution in [0.4, 0.5) is 35.9 Å². The summed E-state index contributed by atoms with van der Waals surface area (Å²) in [5.41, 5.74) is -2.25. The van der Waals surface area contributed by atoms with Crippen LogP contribution >= 0.6 is 11.3 Å². The van der Waals surface area contributed by atoms with Crippen LogP contribution in [0.2, 0.25) is 0 Å². The first-order valence-corrected chi connectivity index (χ1v) is 18.1. The van der Waals surface area contributed by atoms with Crippen LogP contribution in [0.1, 0.15) is 66.0 Å². The molecule has 2 aliphatic carbocycles. The number of aliphatic hydroxyl groups is 1. The summed E-state index contributed by atoms with van der Waals surface area (Å²) in [6, 6.07) is 3.19. The average molecular weight is 787 g/mol. The van der Waals surface area contributed by atoms with Crippen molar-refractivity contribution in [3.63, 3.8) is 0 Å². The number of carbonyl (C=O) groups excluding carboxylic acids is 2. The zero-order chi connectivity index (χ0) is 38.9. The molecule has 9 rings (SSSR count). The number of carbonyl (C=O) groups is 2. The number of amides is 2. The van der Waals surface area contributed by atoms with E-state index in [-0.39, 0.29) is 42.2 Å². The number of aromatic nitrogens is 4. The fourth-order valence-electron chi connectivity index (χ4n) is 8.13. The molecule has 4 aromatic rings. The molecule has 0 radical (unpaired) electrons. The molecule has 3 aromatic heterocycles. The molecule has 3 atom stereocenters. The summed E-state index contributed by atoms with van der Waals surface area (Å²) in [4.78, 5) is 43.7. The van der Waals surface area contributed by atoms with E-state index in [1.165, 1.54) is 16.2 Å². The molecule has 6 heterocycles. The topological polar surface area (TPSA) is 129 Å². The van der Waals surface area contributed by atoms with E-state index in [1.807, 2.05) is 4.90 Å². The van der Waals surface area contributed by atoms with Crippen LogP contribution in [-0.2, 0) is 34.7 Å². The maximum absolute atomic E-state index is 15.4. The Morgan fingerprint density at radius 1 is 1.11 bits per heavy atom. The first kappa shape index (κ1) is 35.5. The highest BCUT2D eigenvalue weighted by molar-refractivity contribution is 7.22. The maximum Gasteiger partial charge on any atom is 0.435 e. The molecule has 286 valence electrons. The van der Waals surface area contributed by atoms with Gasteiger partial charge < -0.3 is 15.3 Å². The minimum absolute atomic E-state index is 0.0670.